The number of nitrogens with zero attached hydrogens (tertiary/aromatic N) is 1. The van der Waals surface area contributed by atoms with E-state index in [-0.39, 0.29) is 0 Å². The van der Waals surface area contributed by atoms with Gasteiger partial charge in [-0.2, -0.15) is 0 Å². The van der Waals surface area contributed by atoms with Crippen molar-refractivity contribution in [3.8, 4) is 0 Å². The van der Waals surface area contributed by atoms with Gasteiger partial charge in [-0.25, -0.2) is 0 Å². The Morgan fingerprint density at radius 2 is 2.05 bits per heavy atom. The lowest BCUT2D eigenvalue weighted by atomic mass is 9.97. The summed E-state index contributed by atoms with van der Waals surface area (Å²) >= 11 is 0. The predicted octanol–water partition coefficient (Wildman–Crippen LogP) is 2.24. The fraction of sp³-hybridized carbons (Fsp3) is 0.933. The monoisotopic (exact) mass is 268 g/mol. The van der Waals surface area contributed by atoms with Gasteiger partial charge in [0.05, 0.1) is 0 Å². The molecule has 2 aliphatic rings. The molecule has 2 rings (SSSR count). The van der Waals surface area contributed by atoms with Crippen LogP contribution in [0, 0.1) is 0 Å². The molecule has 2 atom stereocenters. The largest absolute Gasteiger partial charge is 0.480 e. The molecule has 2 N–H and O–H groups in total. The lowest BCUT2D eigenvalue weighted by Gasteiger charge is -2.32. The van der Waals surface area contributed by atoms with E-state index in [0.29, 0.717) is 18.5 Å². The van der Waals surface area contributed by atoms with Crippen LogP contribution in [0.3, 0.4) is 0 Å². The van der Waals surface area contributed by atoms with E-state index in [9.17, 15) is 9.90 Å². The Labute approximate surface area is 116 Å². The summed E-state index contributed by atoms with van der Waals surface area (Å²) in [4.78, 5) is 14.0. The molecule has 0 spiro atoms. The first-order valence-electron chi connectivity index (χ1n) is 7.76. The van der Waals surface area contributed by atoms with Crippen molar-refractivity contribution >= 4 is 5.97 Å². The fourth-order valence-corrected chi connectivity index (χ4v) is 2.95. The number of carbonyl (C=O) groups is 1. The quantitative estimate of drug-likeness (QED) is 0.775. The molecule has 0 bridgehead atoms. The molecule has 4 heteroatoms. The third-order valence-corrected chi connectivity index (χ3v) is 4.66. The number of carboxylic acid groups (broad SMARTS) is 1. The number of aliphatic carboxylic acids is 1. The van der Waals surface area contributed by atoms with Crippen LogP contribution in [0.1, 0.15) is 58.8 Å². The first-order valence-corrected chi connectivity index (χ1v) is 7.76. The minimum atomic E-state index is -0.757. The number of nitrogens with one attached hydrogen (secondary N) is 1. The number of hydrogen-bond acceptors (Lipinski definition) is 3. The lowest BCUT2D eigenvalue weighted by molar-refractivity contribution is -0.144. The predicted molar refractivity (Wildman–Crippen MR) is 76.3 cm³/mol. The van der Waals surface area contributed by atoms with Gasteiger partial charge in [-0.15, -0.1) is 0 Å². The molecule has 110 valence electrons. The molecule has 1 saturated carbocycles. The van der Waals surface area contributed by atoms with Crippen molar-refractivity contribution in [1.29, 1.82) is 0 Å². The van der Waals surface area contributed by atoms with Gasteiger partial charge in [-0.05, 0) is 52.5 Å². The molecule has 0 amide bonds. The molecule has 0 aromatic heterocycles. The average Bonchev–Trinajstić information content (AvgIpc) is 3.16. The summed E-state index contributed by atoms with van der Waals surface area (Å²) in [6, 6.07) is 1.03. The second-order valence-electron chi connectivity index (χ2n) is 6.54. The van der Waals surface area contributed by atoms with Crippen LogP contribution in [0.5, 0.6) is 0 Å². The van der Waals surface area contributed by atoms with Crippen LogP contribution in [0.4, 0.5) is 0 Å². The van der Waals surface area contributed by atoms with Gasteiger partial charge in [-0.1, -0.05) is 12.8 Å². The van der Waals surface area contributed by atoms with Crippen molar-refractivity contribution in [2.45, 2.75) is 76.4 Å². The molecule has 0 radical (unpaired) electrons. The van der Waals surface area contributed by atoms with Gasteiger partial charge in [0, 0.05) is 18.6 Å². The van der Waals surface area contributed by atoms with Gasteiger partial charge < -0.3 is 10.0 Å². The van der Waals surface area contributed by atoms with E-state index < -0.39 is 11.5 Å². The zero-order valence-corrected chi connectivity index (χ0v) is 12.3. The van der Waals surface area contributed by atoms with Gasteiger partial charge in [0.15, 0.2) is 0 Å². The Hall–Kier alpha value is -0.610. The summed E-state index contributed by atoms with van der Waals surface area (Å²) in [6.07, 6.45) is 8.09. The van der Waals surface area contributed by atoms with Crippen LogP contribution in [-0.4, -0.2) is 46.7 Å². The van der Waals surface area contributed by atoms with Gasteiger partial charge >= 0.3 is 5.97 Å². The Kier molecular flexibility index (Phi) is 4.85. The van der Waals surface area contributed by atoms with Crippen molar-refractivity contribution in [3.05, 3.63) is 0 Å². The highest BCUT2D eigenvalue weighted by molar-refractivity contribution is 5.78. The van der Waals surface area contributed by atoms with E-state index in [1.165, 1.54) is 25.7 Å². The minimum Gasteiger partial charge on any atom is -0.480 e. The Balaban J connectivity index is 1.87. The van der Waals surface area contributed by atoms with Crippen LogP contribution in [0.25, 0.3) is 0 Å². The highest BCUT2D eigenvalue weighted by atomic mass is 16.4. The minimum absolute atomic E-state index is 0.433. The number of hydrogen-bond donors (Lipinski definition) is 2. The topological polar surface area (TPSA) is 52.6 Å². The third-order valence-electron chi connectivity index (χ3n) is 4.66. The zero-order valence-electron chi connectivity index (χ0n) is 12.3. The molecule has 2 fully saturated rings. The molecule has 1 aliphatic carbocycles. The van der Waals surface area contributed by atoms with E-state index in [2.05, 4.69) is 17.1 Å². The molecule has 1 saturated heterocycles. The summed E-state index contributed by atoms with van der Waals surface area (Å²) in [5.74, 6) is -0.707. The molecule has 0 aromatic carbocycles. The van der Waals surface area contributed by atoms with E-state index >= 15 is 0 Å². The normalized spacial score (nSPS) is 28.6. The van der Waals surface area contributed by atoms with Crippen molar-refractivity contribution in [3.63, 3.8) is 0 Å². The molecule has 4 nitrogen and oxygen atoms in total. The number of carboxylic acids is 1. The molecular weight excluding hydrogens is 240 g/mol. The average molecular weight is 268 g/mol. The summed E-state index contributed by atoms with van der Waals surface area (Å²) in [7, 11) is 0. The summed E-state index contributed by atoms with van der Waals surface area (Å²) in [6.45, 7) is 6.14. The Morgan fingerprint density at radius 3 is 2.68 bits per heavy atom. The summed E-state index contributed by atoms with van der Waals surface area (Å²) in [5.41, 5.74) is -0.757. The first kappa shape index (κ1) is 14.8. The number of rotatable bonds is 6. The van der Waals surface area contributed by atoms with E-state index in [0.717, 1.165) is 25.9 Å². The molecule has 0 aromatic rings. The Morgan fingerprint density at radius 1 is 1.32 bits per heavy atom. The zero-order chi connectivity index (χ0) is 13.9. The maximum absolute atomic E-state index is 11.5. The SMILES string of the molecule is CC1CCCCCN1CCC(C)(NC1CC1)C(=O)O. The standard InChI is InChI=1S/C15H28N2O2/c1-12-6-4-3-5-10-17(12)11-9-15(2,14(18)19)16-13-7-8-13/h12-13,16H,3-11H2,1-2H3,(H,18,19). The van der Waals surface area contributed by atoms with Crippen molar-refractivity contribution in [2.75, 3.05) is 13.1 Å². The third kappa shape index (κ3) is 4.18. The van der Waals surface area contributed by atoms with Crippen molar-refractivity contribution < 1.29 is 9.90 Å². The van der Waals surface area contributed by atoms with E-state index in [4.69, 9.17) is 0 Å². The van der Waals surface area contributed by atoms with E-state index in [1.54, 1.807) is 0 Å². The van der Waals surface area contributed by atoms with Gasteiger partial charge in [0.1, 0.15) is 5.54 Å². The highest BCUT2D eigenvalue weighted by Gasteiger charge is 2.38. The van der Waals surface area contributed by atoms with E-state index in [1.807, 2.05) is 6.92 Å². The van der Waals surface area contributed by atoms with Crippen LogP contribution in [-0.2, 0) is 4.79 Å². The summed E-state index contributed by atoms with van der Waals surface area (Å²) in [5, 5.41) is 12.8. The fourth-order valence-electron chi connectivity index (χ4n) is 2.95. The number of likely N-dealkylation sites (tertiary alicyclic amines) is 1. The van der Waals surface area contributed by atoms with Gasteiger partial charge in [0.2, 0.25) is 0 Å². The smallest absolute Gasteiger partial charge is 0.323 e. The first-order chi connectivity index (χ1) is 9.01. The molecule has 19 heavy (non-hydrogen) atoms. The van der Waals surface area contributed by atoms with Crippen LogP contribution in [0.2, 0.25) is 0 Å². The molecular formula is C15H28N2O2. The summed E-state index contributed by atoms with van der Waals surface area (Å²) < 4.78 is 0. The second-order valence-corrected chi connectivity index (χ2v) is 6.54. The Bertz CT molecular complexity index is 317. The van der Waals surface area contributed by atoms with Crippen LogP contribution in [0.15, 0.2) is 0 Å². The van der Waals surface area contributed by atoms with Crippen molar-refractivity contribution in [1.82, 2.24) is 10.2 Å². The second kappa shape index (κ2) is 6.23. The molecule has 2 unspecified atom stereocenters. The van der Waals surface area contributed by atoms with Gasteiger partial charge in [-0.3, -0.25) is 10.1 Å². The lowest BCUT2D eigenvalue weighted by Crippen LogP contribution is -2.52. The van der Waals surface area contributed by atoms with Crippen LogP contribution < -0.4 is 5.32 Å². The highest BCUT2D eigenvalue weighted by Crippen LogP contribution is 2.25. The molecule has 1 aliphatic heterocycles. The maximum atomic E-state index is 11.5. The van der Waals surface area contributed by atoms with Crippen LogP contribution >= 0.6 is 0 Å². The van der Waals surface area contributed by atoms with Crippen molar-refractivity contribution in [2.24, 2.45) is 0 Å². The molecule has 1 heterocycles. The maximum Gasteiger partial charge on any atom is 0.323 e. The van der Waals surface area contributed by atoms with Gasteiger partial charge in [0.25, 0.3) is 0 Å².